The van der Waals surface area contributed by atoms with Crippen LogP contribution in [0.4, 0.5) is 0 Å². The first-order valence-electron chi connectivity index (χ1n) is 4.22. The molecule has 0 saturated heterocycles. The van der Waals surface area contributed by atoms with Gasteiger partial charge in [0.2, 0.25) is 0 Å². The van der Waals surface area contributed by atoms with Crippen LogP contribution in [0.15, 0.2) is 0 Å². The Morgan fingerprint density at radius 2 is 1.64 bits per heavy atom. The van der Waals surface area contributed by atoms with Gasteiger partial charge in [-0.3, -0.25) is 0 Å². The highest BCUT2D eigenvalue weighted by molar-refractivity contribution is 5.15. The lowest BCUT2D eigenvalue weighted by molar-refractivity contribution is 0.240. The monoisotopic (exact) mass is 157 g/mol. The smallest absolute Gasteiger partial charge is 0.0585 e. The maximum atomic E-state index is 8.88. The summed E-state index contributed by atoms with van der Waals surface area (Å²) in [6.45, 7) is 8.97. The Kier molecular flexibility index (Phi) is 1.81. The molecule has 3 N–H and O–H groups in total. The van der Waals surface area contributed by atoms with Crippen molar-refractivity contribution >= 4 is 0 Å². The number of rotatable bonds is 2. The van der Waals surface area contributed by atoms with Gasteiger partial charge in [0.05, 0.1) is 6.61 Å². The summed E-state index contributed by atoms with van der Waals surface area (Å²) in [6, 6.07) is -0.0417. The first-order valence-corrected chi connectivity index (χ1v) is 4.22. The van der Waals surface area contributed by atoms with Gasteiger partial charge in [0, 0.05) is 6.04 Å². The van der Waals surface area contributed by atoms with Gasteiger partial charge in [-0.25, -0.2) is 0 Å². The average Bonchev–Trinajstić information content (AvgIpc) is 2.24. The molecule has 1 aliphatic carbocycles. The van der Waals surface area contributed by atoms with E-state index in [-0.39, 0.29) is 12.6 Å². The number of aliphatic hydroxyl groups excluding tert-OH is 1. The van der Waals surface area contributed by atoms with Crippen LogP contribution in [-0.4, -0.2) is 17.8 Å². The highest BCUT2D eigenvalue weighted by Crippen LogP contribution is 2.69. The zero-order valence-electron chi connectivity index (χ0n) is 7.89. The minimum Gasteiger partial charge on any atom is -0.395 e. The molecule has 0 aromatic carbocycles. The van der Waals surface area contributed by atoms with Crippen LogP contribution in [0, 0.1) is 16.7 Å². The minimum absolute atomic E-state index is 0.0417. The quantitative estimate of drug-likeness (QED) is 0.628. The topological polar surface area (TPSA) is 46.2 Å². The fourth-order valence-electron chi connectivity index (χ4n) is 2.42. The van der Waals surface area contributed by atoms with E-state index in [1.165, 1.54) is 0 Å². The van der Waals surface area contributed by atoms with Crippen LogP contribution in [-0.2, 0) is 0 Å². The fourth-order valence-corrected chi connectivity index (χ4v) is 2.42. The van der Waals surface area contributed by atoms with Crippen LogP contribution in [0.5, 0.6) is 0 Å². The zero-order valence-corrected chi connectivity index (χ0v) is 7.89. The lowest BCUT2D eigenvalue weighted by Gasteiger charge is -2.08. The molecule has 2 nitrogen and oxygen atoms in total. The largest absolute Gasteiger partial charge is 0.395 e. The van der Waals surface area contributed by atoms with Gasteiger partial charge in [-0.2, -0.15) is 0 Å². The Bertz CT molecular complexity index is 149. The molecule has 0 amide bonds. The summed E-state index contributed by atoms with van der Waals surface area (Å²) < 4.78 is 0. The molecule has 0 aromatic rings. The van der Waals surface area contributed by atoms with E-state index in [0.717, 1.165) is 0 Å². The van der Waals surface area contributed by atoms with Crippen LogP contribution in [0.25, 0.3) is 0 Å². The van der Waals surface area contributed by atoms with E-state index in [9.17, 15) is 0 Å². The van der Waals surface area contributed by atoms with Crippen LogP contribution in [0.1, 0.15) is 27.7 Å². The van der Waals surface area contributed by atoms with Gasteiger partial charge < -0.3 is 10.8 Å². The molecule has 1 fully saturated rings. The van der Waals surface area contributed by atoms with E-state index in [4.69, 9.17) is 10.8 Å². The lowest BCUT2D eigenvalue weighted by Crippen LogP contribution is -2.29. The van der Waals surface area contributed by atoms with E-state index < -0.39 is 0 Å². The predicted molar refractivity (Wildman–Crippen MR) is 46.1 cm³/mol. The number of hydrogen-bond donors (Lipinski definition) is 2. The van der Waals surface area contributed by atoms with E-state index in [1.54, 1.807) is 0 Å². The zero-order chi connectivity index (χ0) is 8.86. The van der Waals surface area contributed by atoms with Crippen LogP contribution in [0.3, 0.4) is 0 Å². The van der Waals surface area contributed by atoms with Crippen molar-refractivity contribution in [1.29, 1.82) is 0 Å². The Morgan fingerprint density at radius 1 is 1.27 bits per heavy atom. The van der Waals surface area contributed by atoms with Gasteiger partial charge >= 0.3 is 0 Å². The van der Waals surface area contributed by atoms with Crippen LogP contribution < -0.4 is 5.73 Å². The molecule has 1 atom stereocenters. The maximum Gasteiger partial charge on any atom is 0.0585 e. The van der Waals surface area contributed by atoms with E-state index in [2.05, 4.69) is 27.7 Å². The molecule has 2 heteroatoms. The van der Waals surface area contributed by atoms with Gasteiger partial charge in [-0.15, -0.1) is 0 Å². The third-order valence-electron chi connectivity index (χ3n) is 3.77. The standard InChI is InChI=1S/C9H19NO/c1-8(2)7(6(10)5-11)9(8,3)4/h6-7,11H,5,10H2,1-4H3/t6-/m0/s1. The second-order valence-corrected chi connectivity index (χ2v) is 4.77. The molecule has 0 aromatic heterocycles. The summed E-state index contributed by atoms with van der Waals surface area (Å²) in [5.74, 6) is 0.472. The Balaban J connectivity index is 2.67. The van der Waals surface area contributed by atoms with Crippen molar-refractivity contribution in [2.75, 3.05) is 6.61 Å². The van der Waals surface area contributed by atoms with Crippen molar-refractivity contribution in [3.05, 3.63) is 0 Å². The van der Waals surface area contributed by atoms with Gasteiger partial charge in [-0.1, -0.05) is 27.7 Å². The number of hydrogen-bond acceptors (Lipinski definition) is 2. The van der Waals surface area contributed by atoms with Crippen molar-refractivity contribution in [1.82, 2.24) is 0 Å². The summed E-state index contributed by atoms with van der Waals surface area (Å²) in [6.07, 6.45) is 0. The summed E-state index contributed by atoms with van der Waals surface area (Å²) in [5, 5.41) is 8.88. The summed E-state index contributed by atoms with van der Waals surface area (Å²) in [7, 11) is 0. The summed E-state index contributed by atoms with van der Waals surface area (Å²) in [4.78, 5) is 0. The van der Waals surface area contributed by atoms with Crippen LogP contribution >= 0.6 is 0 Å². The van der Waals surface area contributed by atoms with E-state index >= 15 is 0 Å². The van der Waals surface area contributed by atoms with Crippen LogP contribution in [0.2, 0.25) is 0 Å². The molecule has 1 saturated carbocycles. The Labute approximate surface area is 68.8 Å². The summed E-state index contributed by atoms with van der Waals surface area (Å²) >= 11 is 0. The average molecular weight is 157 g/mol. The third kappa shape index (κ3) is 1.00. The second-order valence-electron chi connectivity index (χ2n) is 4.77. The Morgan fingerprint density at radius 3 is 1.73 bits per heavy atom. The molecule has 0 spiro atoms. The van der Waals surface area contributed by atoms with E-state index in [0.29, 0.717) is 16.7 Å². The molecule has 0 unspecified atom stereocenters. The van der Waals surface area contributed by atoms with Gasteiger partial charge in [-0.05, 0) is 16.7 Å². The molecule has 0 heterocycles. The van der Waals surface area contributed by atoms with Crippen molar-refractivity contribution in [2.45, 2.75) is 33.7 Å². The number of nitrogens with two attached hydrogens (primary N) is 1. The SMILES string of the molecule is CC1(C)C([C@@H](N)CO)C1(C)C. The normalized spacial score (nSPS) is 30.0. The molecule has 0 radical (unpaired) electrons. The second kappa shape index (κ2) is 2.20. The molecule has 1 rings (SSSR count). The molecular weight excluding hydrogens is 138 g/mol. The van der Waals surface area contributed by atoms with Crippen molar-refractivity contribution in [3.63, 3.8) is 0 Å². The van der Waals surface area contributed by atoms with Gasteiger partial charge in [0.15, 0.2) is 0 Å². The van der Waals surface area contributed by atoms with Crippen molar-refractivity contribution in [2.24, 2.45) is 22.5 Å². The Hall–Kier alpha value is -0.0800. The van der Waals surface area contributed by atoms with Gasteiger partial charge in [0.1, 0.15) is 0 Å². The molecular formula is C9H19NO. The first-order chi connectivity index (χ1) is 4.85. The van der Waals surface area contributed by atoms with Crippen molar-refractivity contribution < 1.29 is 5.11 Å². The maximum absolute atomic E-state index is 8.88. The highest BCUT2D eigenvalue weighted by atomic mass is 16.3. The third-order valence-corrected chi connectivity index (χ3v) is 3.77. The molecule has 66 valence electrons. The predicted octanol–water partition coefficient (Wildman–Crippen LogP) is 0.988. The molecule has 11 heavy (non-hydrogen) atoms. The molecule has 1 aliphatic rings. The van der Waals surface area contributed by atoms with Crippen molar-refractivity contribution in [3.8, 4) is 0 Å². The van der Waals surface area contributed by atoms with Gasteiger partial charge in [0.25, 0.3) is 0 Å². The minimum atomic E-state index is -0.0417. The molecule has 0 aliphatic heterocycles. The van der Waals surface area contributed by atoms with E-state index in [1.807, 2.05) is 0 Å². The summed E-state index contributed by atoms with van der Waals surface area (Å²) in [5.41, 5.74) is 6.38. The first kappa shape index (κ1) is 9.01. The highest BCUT2D eigenvalue weighted by Gasteiger charge is 2.66. The fraction of sp³-hybridized carbons (Fsp3) is 1.00. The molecule has 0 bridgehead atoms. The lowest BCUT2D eigenvalue weighted by atomic mass is 10.0. The number of aliphatic hydroxyl groups is 1.